The van der Waals surface area contributed by atoms with Gasteiger partial charge in [0.1, 0.15) is 5.82 Å². The Bertz CT molecular complexity index is 603. The highest BCUT2D eigenvalue weighted by Crippen LogP contribution is 2.34. The average molecular weight is 282 g/mol. The van der Waals surface area contributed by atoms with Gasteiger partial charge in [0, 0.05) is 0 Å². The fourth-order valence-corrected chi connectivity index (χ4v) is 1.55. The summed E-state index contributed by atoms with van der Waals surface area (Å²) in [6.07, 6.45) is -3.14. The second-order valence-electron chi connectivity index (χ2n) is 3.96. The molecule has 2 nitrogen and oxygen atoms in total. The molecular weight excluding hydrogens is 272 g/mol. The van der Waals surface area contributed by atoms with Crippen molar-refractivity contribution in [3.63, 3.8) is 0 Å². The van der Waals surface area contributed by atoms with Crippen molar-refractivity contribution in [1.29, 1.82) is 0 Å². The summed E-state index contributed by atoms with van der Waals surface area (Å²) in [5.41, 5.74) is 1.98. The fraction of sp³-hybridized carbons (Fsp3) is 0.0714. The molecule has 2 aromatic carbocycles. The summed E-state index contributed by atoms with van der Waals surface area (Å²) in [5, 5.41) is 3.72. The third-order valence-electron chi connectivity index (χ3n) is 2.50. The van der Waals surface area contributed by atoms with Gasteiger partial charge in [0.2, 0.25) is 0 Å². The molecule has 0 aliphatic heterocycles. The lowest BCUT2D eigenvalue weighted by atomic mass is 10.2. The Morgan fingerprint density at radius 3 is 2.25 bits per heavy atom. The number of hydrogen-bond acceptors (Lipinski definition) is 2. The number of benzene rings is 2. The van der Waals surface area contributed by atoms with E-state index in [4.69, 9.17) is 0 Å². The number of para-hydroxylation sites is 1. The molecule has 0 bridgehead atoms. The fourth-order valence-electron chi connectivity index (χ4n) is 1.55. The molecule has 0 heterocycles. The van der Waals surface area contributed by atoms with Crippen molar-refractivity contribution in [3.05, 3.63) is 65.5 Å². The molecule has 6 heteroatoms. The van der Waals surface area contributed by atoms with Gasteiger partial charge in [0.05, 0.1) is 17.5 Å². The van der Waals surface area contributed by atoms with Crippen LogP contribution in [0.2, 0.25) is 0 Å². The van der Waals surface area contributed by atoms with Crippen molar-refractivity contribution < 1.29 is 17.6 Å². The highest BCUT2D eigenvalue weighted by Gasteiger charge is 2.33. The number of rotatable bonds is 3. The standard InChI is InChI=1S/C14H10F4N2/c15-11-7-5-10(6-8-11)9-19-20-13-4-2-1-3-12(13)14(16,17)18/h1-9,20H/b19-9+. The van der Waals surface area contributed by atoms with Crippen LogP contribution in [-0.4, -0.2) is 6.21 Å². The van der Waals surface area contributed by atoms with Gasteiger partial charge in [-0.15, -0.1) is 0 Å². The third-order valence-corrected chi connectivity index (χ3v) is 2.50. The Morgan fingerprint density at radius 2 is 1.60 bits per heavy atom. The molecule has 2 rings (SSSR count). The summed E-state index contributed by atoms with van der Waals surface area (Å²) < 4.78 is 50.8. The van der Waals surface area contributed by atoms with Gasteiger partial charge in [0.15, 0.2) is 0 Å². The molecule has 0 amide bonds. The minimum Gasteiger partial charge on any atom is -0.278 e. The van der Waals surface area contributed by atoms with Crippen molar-refractivity contribution >= 4 is 11.9 Å². The van der Waals surface area contributed by atoms with Crippen molar-refractivity contribution in [3.8, 4) is 0 Å². The topological polar surface area (TPSA) is 24.4 Å². The van der Waals surface area contributed by atoms with E-state index in [0.717, 1.165) is 6.07 Å². The Balaban J connectivity index is 2.13. The van der Waals surface area contributed by atoms with Crippen LogP contribution in [-0.2, 0) is 6.18 Å². The van der Waals surface area contributed by atoms with Gasteiger partial charge in [-0.05, 0) is 29.8 Å². The van der Waals surface area contributed by atoms with E-state index in [1.54, 1.807) is 0 Å². The predicted molar refractivity (Wildman–Crippen MR) is 69.1 cm³/mol. The van der Waals surface area contributed by atoms with Crippen LogP contribution in [0.3, 0.4) is 0 Å². The number of alkyl halides is 3. The summed E-state index contributed by atoms with van der Waals surface area (Å²) in [6.45, 7) is 0. The highest BCUT2D eigenvalue weighted by atomic mass is 19.4. The monoisotopic (exact) mass is 282 g/mol. The number of hydrogen-bond donors (Lipinski definition) is 1. The van der Waals surface area contributed by atoms with Crippen molar-refractivity contribution in [2.45, 2.75) is 6.18 Å². The SMILES string of the molecule is Fc1ccc(/C=N/Nc2ccccc2C(F)(F)F)cc1. The predicted octanol–water partition coefficient (Wildman–Crippen LogP) is 4.29. The molecular formula is C14H10F4N2. The van der Waals surface area contributed by atoms with Crippen molar-refractivity contribution in [2.75, 3.05) is 5.43 Å². The molecule has 0 atom stereocenters. The van der Waals surface area contributed by atoms with Crippen LogP contribution in [0.4, 0.5) is 23.2 Å². The first-order valence-electron chi connectivity index (χ1n) is 5.68. The summed E-state index contributed by atoms with van der Waals surface area (Å²) in [5.74, 6) is -0.391. The lowest BCUT2D eigenvalue weighted by Crippen LogP contribution is -2.08. The zero-order chi connectivity index (χ0) is 14.6. The zero-order valence-corrected chi connectivity index (χ0v) is 10.2. The van der Waals surface area contributed by atoms with Gasteiger partial charge in [-0.3, -0.25) is 5.43 Å². The van der Waals surface area contributed by atoms with Crippen LogP contribution in [0.1, 0.15) is 11.1 Å². The van der Waals surface area contributed by atoms with Gasteiger partial charge in [-0.2, -0.15) is 18.3 Å². The maximum atomic E-state index is 12.7. The lowest BCUT2D eigenvalue weighted by Gasteiger charge is -2.11. The van der Waals surface area contributed by atoms with E-state index >= 15 is 0 Å². The number of nitrogens with zero attached hydrogens (tertiary/aromatic N) is 1. The lowest BCUT2D eigenvalue weighted by molar-refractivity contribution is -0.136. The quantitative estimate of drug-likeness (QED) is 0.507. The first kappa shape index (κ1) is 14.0. The number of hydrazone groups is 1. The van der Waals surface area contributed by atoms with Crippen molar-refractivity contribution in [1.82, 2.24) is 0 Å². The molecule has 2 aromatic rings. The number of halogens is 4. The van der Waals surface area contributed by atoms with Gasteiger partial charge < -0.3 is 0 Å². The molecule has 0 saturated carbocycles. The van der Waals surface area contributed by atoms with Crippen molar-refractivity contribution in [2.24, 2.45) is 5.10 Å². The molecule has 104 valence electrons. The van der Waals surface area contributed by atoms with Crippen LogP contribution in [0.5, 0.6) is 0 Å². The molecule has 0 saturated heterocycles. The number of anilines is 1. The van der Waals surface area contributed by atoms with E-state index in [1.165, 1.54) is 48.7 Å². The second kappa shape index (κ2) is 5.73. The van der Waals surface area contributed by atoms with E-state index in [-0.39, 0.29) is 5.69 Å². The Kier molecular flexibility index (Phi) is 4.02. The average Bonchev–Trinajstić information content (AvgIpc) is 2.40. The second-order valence-corrected chi connectivity index (χ2v) is 3.96. The van der Waals surface area contributed by atoms with E-state index in [2.05, 4.69) is 10.5 Å². The molecule has 0 spiro atoms. The Morgan fingerprint density at radius 1 is 0.950 bits per heavy atom. The Hall–Kier alpha value is -2.37. The molecule has 0 aliphatic rings. The molecule has 0 unspecified atom stereocenters. The molecule has 0 fully saturated rings. The minimum absolute atomic E-state index is 0.140. The third kappa shape index (κ3) is 3.57. The van der Waals surface area contributed by atoms with Gasteiger partial charge in [0.25, 0.3) is 0 Å². The normalized spacial score (nSPS) is 11.8. The van der Waals surface area contributed by atoms with Crippen LogP contribution < -0.4 is 5.43 Å². The van der Waals surface area contributed by atoms with E-state index in [1.807, 2.05) is 0 Å². The Labute approximate surface area is 112 Å². The molecule has 0 aromatic heterocycles. The minimum atomic E-state index is -4.45. The highest BCUT2D eigenvalue weighted by molar-refractivity contribution is 5.80. The first-order chi connectivity index (χ1) is 9.47. The van der Waals surface area contributed by atoms with Crippen LogP contribution in [0.25, 0.3) is 0 Å². The largest absolute Gasteiger partial charge is 0.418 e. The van der Waals surface area contributed by atoms with Crippen LogP contribution in [0, 0.1) is 5.82 Å². The van der Waals surface area contributed by atoms with Gasteiger partial charge >= 0.3 is 6.18 Å². The molecule has 0 radical (unpaired) electrons. The zero-order valence-electron chi connectivity index (χ0n) is 10.2. The molecule has 0 aliphatic carbocycles. The van der Waals surface area contributed by atoms with E-state index in [0.29, 0.717) is 5.56 Å². The van der Waals surface area contributed by atoms with Gasteiger partial charge in [-0.1, -0.05) is 24.3 Å². The maximum absolute atomic E-state index is 12.7. The number of nitrogens with one attached hydrogen (secondary N) is 1. The van der Waals surface area contributed by atoms with Crippen LogP contribution >= 0.6 is 0 Å². The summed E-state index contributed by atoms with van der Waals surface area (Å²) in [7, 11) is 0. The maximum Gasteiger partial charge on any atom is 0.418 e. The summed E-state index contributed by atoms with van der Waals surface area (Å²) >= 11 is 0. The van der Waals surface area contributed by atoms with Crippen LogP contribution in [0.15, 0.2) is 53.6 Å². The van der Waals surface area contributed by atoms with E-state index in [9.17, 15) is 17.6 Å². The van der Waals surface area contributed by atoms with Gasteiger partial charge in [-0.25, -0.2) is 4.39 Å². The smallest absolute Gasteiger partial charge is 0.278 e. The molecule has 20 heavy (non-hydrogen) atoms. The molecule has 1 N–H and O–H groups in total. The van der Waals surface area contributed by atoms with E-state index < -0.39 is 17.6 Å². The summed E-state index contributed by atoms with van der Waals surface area (Å²) in [6, 6.07) is 10.5. The first-order valence-corrected chi connectivity index (χ1v) is 5.68. The summed E-state index contributed by atoms with van der Waals surface area (Å²) in [4.78, 5) is 0.